The number of nitrogens with one attached hydrogen (secondary N) is 3. The molecule has 1 fully saturated rings. The number of methoxy groups -OCH3 is 1. The number of amides is 3. The van der Waals surface area contributed by atoms with Gasteiger partial charge in [0.25, 0.3) is 5.91 Å². The van der Waals surface area contributed by atoms with Crippen LogP contribution >= 0.6 is 0 Å². The summed E-state index contributed by atoms with van der Waals surface area (Å²) in [7, 11) is 3.06. The molecule has 3 N–H and O–H groups in total. The van der Waals surface area contributed by atoms with Gasteiger partial charge in [-0.05, 0) is 37.1 Å². The monoisotopic (exact) mass is 384 g/mol. The zero-order valence-electron chi connectivity index (χ0n) is 15.9. The predicted octanol–water partition coefficient (Wildman–Crippen LogP) is 1.64. The highest BCUT2D eigenvalue weighted by atomic mass is 16.5. The molecule has 0 saturated carbocycles. The second kappa shape index (κ2) is 9.03. The van der Waals surface area contributed by atoms with E-state index >= 15 is 0 Å². The van der Waals surface area contributed by atoms with E-state index in [0.717, 1.165) is 19.4 Å². The Morgan fingerprint density at radius 1 is 1.25 bits per heavy atom. The van der Waals surface area contributed by atoms with Gasteiger partial charge in [0.2, 0.25) is 5.95 Å². The van der Waals surface area contributed by atoms with Crippen molar-refractivity contribution in [2.45, 2.75) is 18.9 Å². The van der Waals surface area contributed by atoms with Gasteiger partial charge in [0.15, 0.2) is 0 Å². The maximum absolute atomic E-state index is 12.5. The molecule has 0 aliphatic carbocycles. The Bertz CT molecular complexity index is 830. The molecule has 148 valence electrons. The third-order valence-corrected chi connectivity index (χ3v) is 4.53. The molecular weight excluding hydrogens is 360 g/mol. The molecule has 1 saturated heterocycles. The molecule has 0 unspecified atom stereocenters. The molecule has 9 heteroatoms. The number of anilines is 2. The lowest BCUT2D eigenvalue weighted by molar-refractivity contribution is 0.0963. The first-order valence-electron chi connectivity index (χ1n) is 9.10. The number of hydrogen-bond acceptors (Lipinski definition) is 6. The Hall–Kier alpha value is -3.36. The summed E-state index contributed by atoms with van der Waals surface area (Å²) in [5, 5.41) is 8.32. The van der Waals surface area contributed by atoms with Gasteiger partial charge in [-0.3, -0.25) is 4.79 Å². The van der Waals surface area contributed by atoms with Crippen molar-refractivity contribution >= 4 is 23.6 Å². The zero-order valence-corrected chi connectivity index (χ0v) is 15.9. The van der Waals surface area contributed by atoms with Gasteiger partial charge in [-0.1, -0.05) is 0 Å². The van der Waals surface area contributed by atoms with Crippen LogP contribution in [0.25, 0.3) is 0 Å². The van der Waals surface area contributed by atoms with E-state index < -0.39 is 0 Å². The minimum atomic E-state index is -0.354. The Labute approximate surface area is 163 Å². The number of carbonyl (C=O) groups excluding carboxylic acids is 2. The van der Waals surface area contributed by atoms with Gasteiger partial charge in [-0.15, -0.1) is 0 Å². The number of ether oxygens (including phenoxy) is 1. The van der Waals surface area contributed by atoms with Crippen molar-refractivity contribution in [2.24, 2.45) is 0 Å². The largest absolute Gasteiger partial charge is 0.495 e. The summed E-state index contributed by atoms with van der Waals surface area (Å²) in [6, 6.07) is 6.26. The van der Waals surface area contributed by atoms with E-state index in [1.54, 1.807) is 43.7 Å². The number of piperidine rings is 1. The lowest BCUT2D eigenvalue weighted by atomic mass is 10.1. The van der Waals surface area contributed by atoms with Gasteiger partial charge in [0.1, 0.15) is 5.75 Å². The van der Waals surface area contributed by atoms with Crippen molar-refractivity contribution in [2.75, 3.05) is 37.5 Å². The van der Waals surface area contributed by atoms with Crippen molar-refractivity contribution in [3.05, 3.63) is 42.2 Å². The summed E-state index contributed by atoms with van der Waals surface area (Å²) in [5.41, 5.74) is 0.865. The van der Waals surface area contributed by atoms with Crippen molar-refractivity contribution < 1.29 is 14.3 Å². The summed E-state index contributed by atoms with van der Waals surface area (Å²) in [4.78, 5) is 35.0. The summed E-state index contributed by atoms with van der Waals surface area (Å²) in [6.07, 6.45) is 5.21. The number of carbonyl (C=O) groups is 2. The number of rotatable bonds is 5. The minimum absolute atomic E-state index is 0.0364. The van der Waals surface area contributed by atoms with Crippen molar-refractivity contribution in [1.82, 2.24) is 20.6 Å². The fourth-order valence-electron chi connectivity index (χ4n) is 3.17. The first-order chi connectivity index (χ1) is 13.6. The first-order valence-corrected chi connectivity index (χ1v) is 9.10. The van der Waals surface area contributed by atoms with Gasteiger partial charge < -0.3 is 25.6 Å². The van der Waals surface area contributed by atoms with Crippen molar-refractivity contribution in [3.8, 4) is 5.75 Å². The summed E-state index contributed by atoms with van der Waals surface area (Å²) >= 11 is 0. The molecule has 1 aromatic carbocycles. The number of aromatic nitrogens is 2. The summed E-state index contributed by atoms with van der Waals surface area (Å²) in [6.45, 7) is 1.48. The van der Waals surface area contributed by atoms with Gasteiger partial charge in [0, 0.05) is 44.1 Å². The molecular formula is C19H24N6O3. The summed E-state index contributed by atoms with van der Waals surface area (Å²) in [5.74, 6) is 0.900. The second-order valence-electron chi connectivity index (χ2n) is 6.43. The smallest absolute Gasteiger partial charge is 0.319 e. The van der Waals surface area contributed by atoms with Crippen LogP contribution in [0.4, 0.5) is 16.4 Å². The molecule has 0 spiro atoms. The highest BCUT2D eigenvalue weighted by molar-refractivity contribution is 5.97. The van der Waals surface area contributed by atoms with E-state index in [0.29, 0.717) is 29.5 Å². The molecule has 28 heavy (non-hydrogen) atoms. The third-order valence-electron chi connectivity index (χ3n) is 4.53. The van der Waals surface area contributed by atoms with Crippen molar-refractivity contribution in [1.29, 1.82) is 0 Å². The van der Waals surface area contributed by atoms with Crippen LogP contribution in [-0.4, -0.2) is 55.2 Å². The summed E-state index contributed by atoms with van der Waals surface area (Å²) < 4.78 is 5.28. The normalized spacial score (nSPS) is 16.2. The fourth-order valence-corrected chi connectivity index (χ4v) is 3.17. The van der Waals surface area contributed by atoms with E-state index in [-0.39, 0.29) is 18.0 Å². The van der Waals surface area contributed by atoms with Gasteiger partial charge in [-0.2, -0.15) is 0 Å². The molecule has 1 atom stereocenters. The van der Waals surface area contributed by atoms with E-state index in [4.69, 9.17) is 4.74 Å². The Morgan fingerprint density at radius 3 is 2.75 bits per heavy atom. The van der Waals surface area contributed by atoms with Crippen LogP contribution in [0.1, 0.15) is 23.2 Å². The average Bonchev–Trinajstić information content (AvgIpc) is 2.74. The van der Waals surface area contributed by atoms with E-state index in [1.165, 1.54) is 7.11 Å². The van der Waals surface area contributed by atoms with E-state index in [9.17, 15) is 9.59 Å². The van der Waals surface area contributed by atoms with Crippen LogP contribution in [0, 0.1) is 0 Å². The van der Waals surface area contributed by atoms with E-state index in [2.05, 4.69) is 30.8 Å². The maximum atomic E-state index is 12.5. The molecule has 2 heterocycles. The van der Waals surface area contributed by atoms with Crippen LogP contribution in [-0.2, 0) is 0 Å². The second-order valence-corrected chi connectivity index (χ2v) is 6.43. The van der Waals surface area contributed by atoms with Crippen molar-refractivity contribution in [3.63, 3.8) is 0 Å². The molecule has 1 aliphatic rings. The molecule has 0 bridgehead atoms. The molecule has 3 amide bonds. The quantitative estimate of drug-likeness (QED) is 0.723. The standard InChI is InChI=1S/C19H24N6O3/c1-20-17(26)13-6-7-16(28-2)15(11-13)24-19(27)23-14-5-3-10-25(12-14)18-21-8-4-9-22-18/h4,6-9,11,14H,3,5,10,12H2,1-2H3,(H,20,26)(H2,23,24,27)/t14-/m0/s1. The molecule has 2 aromatic rings. The number of nitrogens with zero attached hydrogens (tertiary/aromatic N) is 3. The number of urea groups is 1. The van der Waals surface area contributed by atoms with Crippen LogP contribution in [0.5, 0.6) is 5.75 Å². The van der Waals surface area contributed by atoms with E-state index in [1.807, 2.05) is 0 Å². The van der Waals surface area contributed by atoms with Gasteiger partial charge >= 0.3 is 6.03 Å². The highest BCUT2D eigenvalue weighted by Crippen LogP contribution is 2.25. The van der Waals surface area contributed by atoms with Crippen LogP contribution in [0.3, 0.4) is 0 Å². The maximum Gasteiger partial charge on any atom is 0.319 e. The fraction of sp³-hybridized carbons (Fsp3) is 0.368. The topological polar surface area (TPSA) is 108 Å². The predicted molar refractivity (Wildman–Crippen MR) is 106 cm³/mol. The Morgan fingerprint density at radius 2 is 2.04 bits per heavy atom. The molecule has 0 radical (unpaired) electrons. The Balaban J connectivity index is 1.64. The molecule has 1 aliphatic heterocycles. The van der Waals surface area contributed by atoms with Crippen LogP contribution in [0.2, 0.25) is 0 Å². The van der Waals surface area contributed by atoms with Crippen LogP contribution in [0.15, 0.2) is 36.7 Å². The Kier molecular flexibility index (Phi) is 6.25. The molecule has 3 rings (SSSR count). The minimum Gasteiger partial charge on any atom is -0.495 e. The number of hydrogen-bond donors (Lipinski definition) is 3. The molecule has 1 aromatic heterocycles. The third kappa shape index (κ3) is 4.67. The number of benzene rings is 1. The first kappa shape index (κ1) is 19.4. The van der Waals surface area contributed by atoms with Gasteiger partial charge in [-0.25, -0.2) is 14.8 Å². The molecule has 9 nitrogen and oxygen atoms in total. The van der Waals surface area contributed by atoms with Crippen LogP contribution < -0.4 is 25.6 Å². The van der Waals surface area contributed by atoms with Gasteiger partial charge in [0.05, 0.1) is 12.8 Å². The SMILES string of the molecule is CNC(=O)c1ccc(OC)c(NC(=O)N[C@H]2CCCN(c3ncccn3)C2)c1. The lowest BCUT2D eigenvalue weighted by Crippen LogP contribution is -2.49. The highest BCUT2D eigenvalue weighted by Gasteiger charge is 2.23. The lowest BCUT2D eigenvalue weighted by Gasteiger charge is -2.33. The zero-order chi connectivity index (χ0) is 19.9. The average molecular weight is 384 g/mol.